The summed E-state index contributed by atoms with van der Waals surface area (Å²) in [6.07, 6.45) is 11.0. The number of nitrogens with two attached hydrogens (primary N) is 1. The lowest BCUT2D eigenvalue weighted by Gasteiger charge is -1.99. The highest BCUT2D eigenvalue weighted by Crippen LogP contribution is 2.07. The minimum atomic E-state index is 0.322. The van der Waals surface area contributed by atoms with Crippen molar-refractivity contribution in [1.29, 1.82) is 0 Å². The van der Waals surface area contributed by atoms with Crippen molar-refractivity contribution in [3.05, 3.63) is 30.3 Å². The van der Waals surface area contributed by atoms with Crippen LogP contribution in [0.3, 0.4) is 0 Å². The Hall–Kier alpha value is -1.02. The smallest absolute Gasteiger partial charge is 0.115 e. The average molecular weight is 251 g/mol. The standard InChI is InChI=1S/C10H23N.C6H6O/c1-2-3-4-5-6-7-8-9-10-11;7-6-4-2-1-3-5-6/h2-11H2,1H3;1-5,7H. The van der Waals surface area contributed by atoms with Gasteiger partial charge in [0, 0.05) is 0 Å². The van der Waals surface area contributed by atoms with Crippen molar-refractivity contribution in [1.82, 2.24) is 0 Å². The van der Waals surface area contributed by atoms with E-state index in [-0.39, 0.29) is 0 Å². The van der Waals surface area contributed by atoms with E-state index in [0.717, 1.165) is 6.54 Å². The molecule has 0 aliphatic carbocycles. The Kier molecular flexibility index (Phi) is 13.2. The van der Waals surface area contributed by atoms with Gasteiger partial charge in [0.25, 0.3) is 0 Å². The van der Waals surface area contributed by atoms with E-state index in [1.807, 2.05) is 6.07 Å². The highest BCUT2D eigenvalue weighted by molar-refractivity contribution is 5.18. The lowest BCUT2D eigenvalue weighted by Crippen LogP contribution is -1.97. The molecule has 0 radical (unpaired) electrons. The van der Waals surface area contributed by atoms with E-state index in [1.165, 1.54) is 51.4 Å². The van der Waals surface area contributed by atoms with Crippen LogP contribution in [0.1, 0.15) is 58.3 Å². The first-order valence-electron chi connectivity index (χ1n) is 7.25. The number of unbranched alkanes of at least 4 members (excludes halogenated alkanes) is 7. The van der Waals surface area contributed by atoms with Gasteiger partial charge in [-0.2, -0.15) is 0 Å². The first kappa shape index (κ1) is 17.0. The molecule has 3 N–H and O–H groups in total. The highest BCUT2D eigenvalue weighted by atomic mass is 16.3. The Labute approximate surface area is 112 Å². The molecule has 0 aromatic heterocycles. The zero-order valence-corrected chi connectivity index (χ0v) is 11.8. The zero-order valence-electron chi connectivity index (χ0n) is 11.8. The normalized spacial score (nSPS) is 9.67. The highest BCUT2D eigenvalue weighted by Gasteiger charge is 1.89. The number of para-hydroxylation sites is 1. The maximum atomic E-state index is 8.63. The molecule has 0 amide bonds. The van der Waals surface area contributed by atoms with Crippen LogP contribution in [0.4, 0.5) is 0 Å². The second kappa shape index (κ2) is 14.0. The van der Waals surface area contributed by atoms with E-state index < -0.39 is 0 Å². The van der Waals surface area contributed by atoms with Crippen molar-refractivity contribution in [2.24, 2.45) is 5.73 Å². The Balaban J connectivity index is 0.000000351. The number of hydrogen-bond donors (Lipinski definition) is 2. The first-order valence-corrected chi connectivity index (χ1v) is 7.25. The van der Waals surface area contributed by atoms with Crippen LogP contribution in [-0.2, 0) is 0 Å². The number of rotatable bonds is 8. The molecule has 0 saturated heterocycles. The second-order valence-corrected chi connectivity index (χ2v) is 4.60. The van der Waals surface area contributed by atoms with Gasteiger partial charge in [-0.15, -0.1) is 0 Å². The molecule has 0 unspecified atom stereocenters. The fraction of sp³-hybridized carbons (Fsp3) is 0.625. The Morgan fingerprint density at radius 3 is 1.72 bits per heavy atom. The summed E-state index contributed by atoms with van der Waals surface area (Å²) in [6.45, 7) is 3.13. The minimum absolute atomic E-state index is 0.322. The van der Waals surface area contributed by atoms with Crippen molar-refractivity contribution in [2.75, 3.05) is 6.54 Å². The van der Waals surface area contributed by atoms with E-state index in [0.29, 0.717) is 5.75 Å². The topological polar surface area (TPSA) is 46.2 Å². The van der Waals surface area contributed by atoms with Crippen molar-refractivity contribution in [3.63, 3.8) is 0 Å². The molecule has 1 rings (SSSR count). The maximum absolute atomic E-state index is 8.63. The molecule has 1 aromatic rings. The molecule has 2 nitrogen and oxygen atoms in total. The van der Waals surface area contributed by atoms with Crippen LogP contribution >= 0.6 is 0 Å². The molecule has 104 valence electrons. The fourth-order valence-electron chi connectivity index (χ4n) is 1.71. The summed E-state index contributed by atoms with van der Waals surface area (Å²) in [5.74, 6) is 0.322. The molecule has 0 saturated carbocycles. The van der Waals surface area contributed by atoms with Crippen LogP contribution in [0.5, 0.6) is 5.75 Å². The molecule has 0 atom stereocenters. The number of hydrogen-bond acceptors (Lipinski definition) is 2. The van der Waals surface area contributed by atoms with Gasteiger partial charge in [0.15, 0.2) is 0 Å². The summed E-state index contributed by atoms with van der Waals surface area (Å²) in [7, 11) is 0. The van der Waals surface area contributed by atoms with E-state index >= 15 is 0 Å². The van der Waals surface area contributed by atoms with Gasteiger partial charge in [0.05, 0.1) is 0 Å². The van der Waals surface area contributed by atoms with Crippen LogP contribution in [0, 0.1) is 0 Å². The zero-order chi connectivity index (χ0) is 13.5. The molecule has 0 fully saturated rings. The SMILES string of the molecule is CCCCCCCCCCN.Oc1ccccc1. The molecule has 0 spiro atoms. The molecule has 0 aliphatic rings. The monoisotopic (exact) mass is 251 g/mol. The lowest BCUT2D eigenvalue weighted by atomic mass is 10.1. The Bertz CT molecular complexity index is 241. The molecular weight excluding hydrogens is 222 g/mol. The Morgan fingerprint density at radius 2 is 1.33 bits per heavy atom. The van der Waals surface area contributed by atoms with Crippen molar-refractivity contribution in [3.8, 4) is 5.75 Å². The predicted octanol–water partition coefficient (Wildman–Crippen LogP) is 4.48. The lowest BCUT2D eigenvalue weighted by molar-refractivity contribution is 0.475. The molecule has 18 heavy (non-hydrogen) atoms. The summed E-state index contributed by atoms with van der Waals surface area (Å²) in [6, 6.07) is 8.71. The number of aromatic hydroxyl groups is 1. The largest absolute Gasteiger partial charge is 0.508 e. The van der Waals surface area contributed by atoms with Gasteiger partial charge in [-0.1, -0.05) is 70.1 Å². The number of phenols is 1. The summed E-state index contributed by atoms with van der Waals surface area (Å²) in [5.41, 5.74) is 5.39. The van der Waals surface area contributed by atoms with Crippen LogP contribution in [0.25, 0.3) is 0 Å². The molecule has 1 aromatic carbocycles. The summed E-state index contributed by atoms with van der Waals surface area (Å²) < 4.78 is 0. The second-order valence-electron chi connectivity index (χ2n) is 4.60. The average Bonchev–Trinajstić information content (AvgIpc) is 2.39. The van der Waals surface area contributed by atoms with E-state index in [9.17, 15) is 0 Å². The third-order valence-electron chi connectivity index (χ3n) is 2.81. The van der Waals surface area contributed by atoms with Crippen molar-refractivity contribution >= 4 is 0 Å². The number of phenolic OH excluding ortho intramolecular Hbond substituents is 1. The Morgan fingerprint density at radius 1 is 0.833 bits per heavy atom. The van der Waals surface area contributed by atoms with Gasteiger partial charge in [-0.05, 0) is 25.1 Å². The third-order valence-corrected chi connectivity index (χ3v) is 2.81. The molecular formula is C16H29NO. The molecule has 0 bridgehead atoms. The summed E-state index contributed by atoms with van der Waals surface area (Å²) in [4.78, 5) is 0. The molecule has 0 aliphatic heterocycles. The van der Waals surface area contributed by atoms with Gasteiger partial charge < -0.3 is 10.8 Å². The minimum Gasteiger partial charge on any atom is -0.508 e. The van der Waals surface area contributed by atoms with E-state index in [2.05, 4.69) is 6.92 Å². The molecule has 2 heteroatoms. The fourth-order valence-corrected chi connectivity index (χ4v) is 1.71. The van der Waals surface area contributed by atoms with Gasteiger partial charge in [-0.3, -0.25) is 0 Å². The van der Waals surface area contributed by atoms with E-state index in [4.69, 9.17) is 10.8 Å². The third kappa shape index (κ3) is 13.0. The quantitative estimate of drug-likeness (QED) is 0.669. The van der Waals surface area contributed by atoms with Crippen molar-refractivity contribution < 1.29 is 5.11 Å². The molecule has 0 heterocycles. The van der Waals surface area contributed by atoms with Crippen LogP contribution in [0.2, 0.25) is 0 Å². The van der Waals surface area contributed by atoms with Gasteiger partial charge in [-0.25, -0.2) is 0 Å². The maximum Gasteiger partial charge on any atom is 0.115 e. The predicted molar refractivity (Wildman–Crippen MR) is 79.8 cm³/mol. The summed E-state index contributed by atoms with van der Waals surface area (Å²) in [5, 5.41) is 8.63. The van der Waals surface area contributed by atoms with Crippen LogP contribution in [-0.4, -0.2) is 11.7 Å². The van der Waals surface area contributed by atoms with Gasteiger partial charge in [0.1, 0.15) is 5.75 Å². The number of benzene rings is 1. The van der Waals surface area contributed by atoms with E-state index in [1.54, 1.807) is 24.3 Å². The van der Waals surface area contributed by atoms with Crippen LogP contribution < -0.4 is 5.73 Å². The van der Waals surface area contributed by atoms with Crippen molar-refractivity contribution in [2.45, 2.75) is 58.3 Å². The van der Waals surface area contributed by atoms with Crippen LogP contribution in [0.15, 0.2) is 30.3 Å². The summed E-state index contributed by atoms with van der Waals surface area (Å²) >= 11 is 0. The van der Waals surface area contributed by atoms with Gasteiger partial charge in [0.2, 0.25) is 0 Å². The van der Waals surface area contributed by atoms with Gasteiger partial charge >= 0.3 is 0 Å². The first-order chi connectivity index (χ1) is 8.81.